The molecule has 0 radical (unpaired) electrons. The first-order valence-electron chi connectivity index (χ1n) is 10.4. The van der Waals surface area contributed by atoms with E-state index in [9.17, 15) is 4.79 Å². The molecule has 1 aromatic heterocycles. The van der Waals surface area contributed by atoms with Gasteiger partial charge in [0.1, 0.15) is 5.75 Å². The van der Waals surface area contributed by atoms with Gasteiger partial charge in [-0.05, 0) is 56.1 Å². The molecule has 156 valence electrons. The number of hydrogen-bond acceptors (Lipinski definition) is 7. The Morgan fingerprint density at radius 2 is 2.03 bits per heavy atom. The number of amides is 1. The van der Waals surface area contributed by atoms with Crippen LogP contribution in [0.5, 0.6) is 5.75 Å². The van der Waals surface area contributed by atoms with Crippen molar-refractivity contribution in [2.24, 2.45) is 5.92 Å². The summed E-state index contributed by atoms with van der Waals surface area (Å²) in [6, 6.07) is 7.59. The number of methoxy groups -OCH3 is 1. The van der Waals surface area contributed by atoms with Crippen LogP contribution in [0.15, 0.2) is 28.8 Å². The molecule has 4 rings (SSSR count). The van der Waals surface area contributed by atoms with Gasteiger partial charge in [-0.1, -0.05) is 5.16 Å². The van der Waals surface area contributed by atoms with Gasteiger partial charge < -0.3 is 19.5 Å². The van der Waals surface area contributed by atoms with Gasteiger partial charge in [0.2, 0.25) is 17.6 Å². The topological polar surface area (TPSA) is 83.7 Å². The molecule has 1 unspecified atom stereocenters. The predicted molar refractivity (Wildman–Crippen MR) is 108 cm³/mol. The summed E-state index contributed by atoms with van der Waals surface area (Å²) in [5.74, 6) is 2.93. The zero-order chi connectivity index (χ0) is 20.1. The second-order valence-corrected chi connectivity index (χ2v) is 7.79. The zero-order valence-corrected chi connectivity index (χ0v) is 17.0. The van der Waals surface area contributed by atoms with E-state index in [1.165, 1.54) is 6.42 Å². The Bertz CT molecular complexity index is 793. The summed E-state index contributed by atoms with van der Waals surface area (Å²) in [7, 11) is 1.64. The van der Waals surface area contributed by atoms with Crippen molar-refractivity contribution in [2.45, 2.75) is 25.8 Å². The van der Waals surface area contributed by atoms with E-state index in [-0.39, 0.29) is 5.91 Å². The highest BCUT2D eigenvalue weighted by Crippen LogP contribution is 2.20. The summed E-state index contributed by atoms with van der Waals surface area (Å²) in [5, 5.41) is 7.45. The number of aromatic nitrogens is 2. The fraction of sp³-hybridized carbons (Fsp3) is 0.571. The van der Waals surface area contributed by atoms with E-state index in [2.05, 4.69) is 20.4 Å². The normalized spacial score (nSPS) is 20.2. The lowest BCUT2D eigenvalue weighted by atomic mass is 10.0. The third-order valence-electron chi connectivity index (χ3n) is 5.83. The molecule has 2 aliphatic heterocycles. The van der Waals surface area contributed by atoms with E-state index in [1.54, 1.807) is 7.11 Å². The number of benzene rings is 1. The van der Waals surface area contributed by atoms with Crippen LogP contribution >= 0.6 is 0 Å². The second-order valence-electron chi connectivity index (χ2n) is 7.79. The molecule has 0 spiro atoms. The summed E-state index contributed by atoms with van der Waals surface area (Å²) in [6.07, 6.45) is 2.87. The Morgan fingerprint density at radius 3 is 2.72 bits per heavy atom. The molecule has 8 nitrogen and oxygen atoms in total. The molecule has 2 saturated heterocycles. The molecule has 1 amide bonds. The Balaban J connectivity index is 1.23. The lowest BCUT2D eigenvalue weighted by Gasteiger charge is -2.34. The number of ether oxygens (including phenoxy) is 1. The summed E-state index contributed by atoms with van der Waals surface area (Å²) in [4.78, 5) is 21.2. The lowest BCUT2D eigenvalue weighted by molar-refractivity contribution is -0.133. The molecular formula is C21H29N5O3. The minimum atomic E-state index is 0.288. The van der Waals surface area contributed by atoms with Crippen molar-refractivity contribution in [1.82, 2.24) is 25.3 Å². The quantitative estimate of drug-likeness (QED) is 0.760. The highest BCUT2D eigenvalue weighted by atomic mass is 16.5. The molecule has 0 aliphatic carbocycles. The van der Waals surface area contributed by atoms with Crippen LogP contribution in [0.25, 0.3) is 11.4 Å². The van der Waals surface area contributed by atoms with Crippen molar-refractivity contribution in [3.63, 3.8) is 0 Å². The van der Waals surface area contributed by atoms with Gasteiger partial charge in [-0.3, -0.25) is 9.69 Å². The smallest absolute Gasteiger partial charge is 0.241 e. The largest absolute Gasteiger partial charge is 0.497 e. The first kappa shape index (κ1) is 19.8. The summed E-state index contributed by atoms with van der Waals surface area (Å²) < 4.78 is 10.6. The van der Waals surface area contributed by atoms with Crippen LogP contribution in [-0.2, 0) is 11.3 Å². The molecule has 2 aromatic rings. The van der Waals surface area contributed by atoms with Crippen LogP contribution in [0.4, 0.5) is 0 Å². The van der Waals surface area contributed by atoms with Gasteiger partial charge in [0.25, 0.3) is 0 Å². The van der Waals surface area contributed by atoms with Crippen LogP contribution in [0.1, 0.15) is 25.2 Å². The third kappa shape index (κ3) is 5.13. The maximum Gasteiger partial charge on any atom is 0.241 e. The molecule has 1 atom stereocenters. The standard InChI is InChI=1S/C21H29N5O3/c1-28-18-5-3-17(4-6-18)21-23-19(29-24-21)15-25-10-12-26(13-11-25)20(27)7-2-16-8-9-22-14-16/h3-6,16,22H,2,7-15H2,1H3. The fourth-order valence-corrected chi connectivity index (χ4v) is 3.97. The average Bonchev–Trinajstić information content (AvgIpc) is 3.45. The second kappa shape index (κ2) is 9.37. The average molecular weight is 399 g/mol. The summed E-state index contributed by atoms with van der Waals surface area (Å²) in [6.45, 7) is 5.95. The Morgan fingerprint density at radius 1 is 1.24 bits per heavy atom. The molecule has 1 N–H and O–H groups in total. The molecule has 29 heavy (non-hydrogen) atoms. The van der Waals surface area contributed by atoms with Crippen molar-refractivity contribution in [2.75, 3.05) is 46.4 Å². The van der Waals surface area contributed by atoms with Crippen molar-refractivity contribution >= 4 is 5.91 Å². The molecule has 3 heterocycles. The first-order chi connectivity index (χ1) is 14.2. The number of nitrogens with zero attached hydrogens (tertiary/aromatic N) is 4. The highest BCUT2D eigenvalue weighted by molar-refractivity contribution is 5.76. The molecule has 2 fully saturated rings. The van der Waals surface area contributed by atoms with E-state index in [4.69, 9.17) is 9.26 Å². The molecule has 2 aliphatic rings. The monoisotopic (exact) mass is 399 g/mol. The van der Waals surface area contributed by atoms with Crippen LogP contribution in [0, 0.1) is 5.92 Å². The van der Waals surface area contributed by atoms with Gasteiger partial charge in [-0.15, -0.1) is 0 Å². The zero-order valence-electron chi connectivity index (χ0n) is 17.0. The van der Waals surface area contributed by atoms with Crippen LogP contribution in [0.2, 0.25) is 0 Å². The maximum atomic E-state index is 12.5. The first-order valence-corrected chi connectivity index (χ1v) is 10.4. The van der Waals surface area contributed by atoms with Gasteiger partial charge in [0.05, 0.1) is 13.7 Å². The number of piperazine rings is 1. The summed E-state index contributed by atoms with van der Waals surface area (Å²) in [5.41, 5.74) is 0.897. The van der Waals surface area contributed by atoms with E-state index < -0.39 is 0 Å². The van der Waals surface area contributed by atoms with Crippen molar-refractivity contribution in [3.05, 3.63) is 30.2 Å². The number of carbonyl (C=O) groups is 1. The molecule has 0 bridgehead atoms. The Hall–Kier alpha value is -2.45. The van der Waals surface area contributed by atoms with Gasteiger partial charge in [0.15, 0.2) is 0 Å². The van der Waals surface area contributed by atoms with Crippen molar-refractivity contribution in [1.29, 1.82) is 0 Å². The Kier molecular flexibility index (Phi) is 6.41. The minimum Gasteiger partial charge on any atom is -0.497 e. The molecule has 1 aromatic carbocycles. The SMILES string of the molecule is COc1ccc(-c2noc(CN3CCN(C(=O)CCC4CCNC4)CC3)n2)cc1. The summed E-state index contributed by atoms with van der Waals surface area (Å²) >= 11 is 0. The van der Waals surface area contributed by atoms with E-state index in [0.717, 1.165) is 57.0 Å². The number of rotatable bonds is 7. The minimum absolute atomic E-state index is 0.288. The van der Waals surface area contributed by atoms with E-state index >= 15 is 0 Å². The fourth-order valence-electron chi connectivity index (χ4n) is 3.97. The molecular weight excluding hydrogens is 370 g/mol. The van der Waals surface area contributed by atoms with Crippen LogP contribution in [0.3, 0.4) is 0 Å². The Labute approximate surface area is 171 Å². The maximum absolute atomic E-state index is 12.5. The van der Waals surface area contributed by atoms with Gasteiger partial charge in [-0.25, -0.2) is 0 Å². The van der Waals surface area contributed by atoms with Gasteiger partial charge in [0, 0.05) is 38.2 Å². The third-order valence-corrected chi connectivity index (χ3v) is 5.83. The van der Waals surface area contributed by atoms with Gasteiger partial charge in [-0.2, -0.15) is 4.98 Å². The van der Waals surface area contributed by atoms with Crippen molar-refractivity contribution in [3.8, 4) is 17.1 Å². The van der Waals surface area contributed by atoms with E-state index in [1.807, 2.05) is 29.2 Å². The van der Waals surface area contributed by atoms with E-state index in [0.29, 0.717) is 30.6 Å². The molecule has 0 saturated carbocycles. The predicted octanol–water partition coefficient (Wildman–Crippen LogP) is 1.78. The highest BCUT2D eigenvalue weighted by Gasteiger charge is 2.24. The van der Waals surface area contributed by atoms with Crippen LogP contribution < -0.4 is 10.1 Å². The van der Waals surface area contributed by atoms with Crippen LogP contribution in [-0.4, -0.2) is 72.2 Å². The molecule has 8 heteroatoms. The number of carbonyl (C=O) groups excluding carboxylic acids is 1. The lowest BCUT2D eigenvalue weighted by Crippen LogP contribution is -2.48. The number of hydrogen-bond donors (Lipinski definition) is 1. The van der Waals surface area contributed by atoms with Crippen molar-refractivity contribution < 1.29 is 14.1 Å². The van der Waals surface area contributed by atoms with Gasteiger partial charge >= 0.3 is 0 Å². The number of nitrogens with one attached hydrogen (secondary N) is 1.